The Morgan fingerprint density at radius 3 is 2.75 bits per heavy atom. The van der Waals surface area contributed by atoms with Gasteiger partial charge in [0.15, 0.2) is 5.78 Å². The summed E-state index contributed by atoms with van der Waals surface area (Å²) in [6.07, 6.45) is 1.44. The third-order valence-corrected chi connectivity index (χ3v) is 4.94. The lowest BCUT2D eigenvalue weighted by molar-refractivity contribution is 0.101. The van der Waals surface area contributed by atoms with Gasteiger partial charge in [-0.25, -0.2) is 4.98 Å². The van der Waals surface area contributed by atoms with Gasteiger partial charge < -0.3 is 9.88 Å². The molecule has 1 amide bonds. The number of hydrogen-bond donors (Lipinski definition) is 1. The smallest absolute Gasteiger partial charge is 0.266 e. The van der Waals surface area contributed by atoms with Crippen LogP contribution < -0.4 is 10.9 Å². The molecule has 24 heavy (non-hydrogen) atoms. The number of amides is 1. The largest absolute Gasteiger partial charge is 0.321 e. The summed E-state index contributed by atoms with van der Waals surface area (Å²) in [6, 6.07) is 6.74. The monoisotopic (exact) mass is 341 g/mol. The van der Waals surface area contributed by atoms with Crippen molar-refractivity contribution in [3.63, 3.8) is 0 Å². The standard InChI is InChI=1S/C17H15N3O3S/c1-9-13-16(18-8-20(3)17(13)23)24-14(9)15(22)19-12-6-4-5-11(7-12)10(2)21/h4-8H,1-3H3,(H,19,22). The molecule has 0 aliphatic heterocycles. The van der Waals surface area contributed by atoms with Crippen molar-refractivity contribution in [1.82, 2.24) is 9.55 Å². The minimum Gasteiger partial charge on any atom is -0.321 e. The van der Waals surface area contributed by atoms with Crippen LogP contribution in [-0.4, -0.2) is 21.2 Å². The number of nitrogens with one attached hydrogen (secondary N) is 1. The van der Waals surface area contributed by atoms with Crippen molar-refractivity contribution < 1.29 is 9.59 Å². The minimum absolute atomic E-state index is 0.0724. The van der Waals surface area contributed by atoms with Crippen LogP contribution in [0.5, 0.6) is 0 Å². The number of aryl methyl sites for hydroxylation is 2. The fourth-order valence-corrected chi connectivity index (χ4v) is 3.46. The van der Waals surface area contributed by atoms with E-state index in [4.69, 9.17) is 0 Å². The van der Waals surface area contributed by atoms with Crippen LogP contribution in [0.4, 0.5) is 5.69 Å². The zero-order valence-electron chi connectivity index (χ0n) is 13.4. The number of nitrogens with zero attached hydrogens (tertiary/aromatic N) is 2. The molecule has 3 rings (SSSR count). The molecule has 2 aromatic heterocycles. The predicted octanol–water partition coefficient (Wildman–Crippen LogP) is 2.76. The molecule has 0 aliphatic carbocycles. The zero-order valence-corrected chi connectivity index (χ0v) is 14.2. The molecular weight excluding hydrogens is 326 g/mol. The first-order valence-electron chi connectivity index (χ1n) is 7.25. The Morgan fingerprint density at radius 2 is 2.04 bits per heavy atom. The van der Waals surface area contributed by atoms with Crippen molar-refractivity contribution in [2.24, 2.45) is 7.05 Å². The van der Waals surface area contributed by atoms with Crippen LogP contribution in [0.3, 0.4) is 0 Å². The molecule has 0 radical (unpaired) electrons. The van der Waals surface area contributed by atoms with E-state index in [9.17, 15) is 14.4 Å². The van der Waals surface area contributed by atoms with Gasteiger partial charge in [0.05, 0.1) is 16.6 Å². The number of hydrogen-bond acceptors (Lipinski definition) is 5. The van der Waals surface area contributed by atoms with Gasteiger partial charge >= 0.3 is 0 Å². The quantitative estimate of drug-likeness (QED) is 0.743. The number of Topliss-reactive ketones (excluding diaryl/α,β-unsaturated/α-hetero) is 1. The molecule has 0 atom stereocenters. The van der Waals surface area contributed by atoms with Crippen molar-refractivity contribution >= 4 is 38.9 Å². The van der Waals surface area contributed by atoms with E-state index in [0.717, 1.165) is 0 Å². The fourth-order valence-electron chi connectivity index (χ4n) is 2.43. The normalized spacial score (nSPS) is 10.8. The van der Waals surface area contributed by atoms with E-state index in [1.54, 1.807) is 38.2 Å². The van der Waals surface area contributed by atoms with Crippen LogP contribution >= 0.6 is 11.3 Å². The molecule has 6 nitrogen and oxygen atoms in total. The molecule has 0 saturated carbocycles. The summed E-state index contributed by atoms with van der Waals surface area (Å²) in [5, 5.41) is 3.24. The van der Waals surface area contributed by atoms with Crippen LogP contribution in [0, 0.1) is 6.92 Å². The van der Waals surface area contributed by atoms with E-state index in [0.29, 0.717) is 31.9 Å². The maximum atomic E-state index is 12.6. The first-order chi connectivity index (χ1) is 11.4. The summed E-state index contributed by atoms with van der Waals surface area (Å²) in [5.74, 6) is -0.393. The van der Waals surface area contributed by atoms with E-state index < -0.39 is 0 Å². The summed E-state index contributed by atoms with van der Waals surface area (Å²) >= 11 is 1.18. The zero-order chi connectivity index (χ0) is 17.4. The number of benzene rings is 1. The lowest BCUT2D eigenvalue weighted by Crippen LogP contribution is -2.17. The highest BCUT2D eigenvalue weighted by atomic mass is 32.1. The SMILES string of the molecule is CC(=O)c1cccc(NC(=O)c2sc3ncn(C)c(=O)c3c2C)c1. The van der Waals surface area contributed by atoms with Gasteiger partial charge in [0.25, 0.3) is 11.5 Å². The molecule has 0 bridgehead atoms. The molecule has 1 N–H and O–H groups in total. The van der Waals surface area contributed by atoms with Gasteiger partial charge in [0.1, 0.15) is 4.83 Å². The highest BCUT2D eigenvalue weighted by molar-refractivity contribution is 7.20. The molecule has 122 valence electrons. The third kappa shape index (κ3) is 2.74. The van der Waals surface area contributed by atoms with Crippen molar-refractivity contribution in [3.05, 3.63) is 57.0 Å². The summed E-state index contributed by atoms with van der Waals surface area (Å²) in [4.78, 5) is 41.4. The number of fused-ring (bicyclic) bond motifs is 1. The number of anilines is 1. The molecule has 0 fully saturated rings. The van der Waals surface area contributed by atoms with E-state index >= 15 is 0 Å². The topological polar surface area (TPSA) is 81.1 Å². The summed E-state index contributed by atoms with van der Waals surface area (Å²) in [7, 11) is 1.62. The summed E-state index contributed by atoms with van der Waals surface area (Å²) < 4.78 is 1.39. The molecule has 0 aliphatic rings. The van der Waals surface area contributed by atoms with E-state index in [-0.39, 0.29) is 17.2 Å². The number of thiophene rings is 1. The Bertz CT molecular complexity index is 1030. The van der Waals surface area contributed by atoms with Crippen molar-refractivity contribution in [2.75, 3.05) is 5.32 Å². The lowest BCUT2D eigenvalue weighted by Gasteiger charge is -2.05. The van der Waals surface area contributed by atoms with Gasteiger partial charge in [-0.05, 0) is 31.5 Å². The Morgan fingerprint density at radius 1 is 1.29 bits per heavy atom. The van der Waals surface area contributed by atoms with Gasteiger partial charge in [0.2, 0.25) is 0 Å². The third-order valence-electron chi connectivity index (χ3n) is 3.74. The van der Waals surface area contributed by atoms with E-state index in [2.05, 4.69) is 10.3 Å². The molecule has 7 heteroatoms. The van der Waals surface area contributed by atoms with Gasteiger partial charge in [-0.1, -0.05) is 12.1 Å². The van der Waals surface area contributed by atoms with Crippen LogP contribution in [0.15, 0.2) is 35.4 Å². The Balaban J connectivity index is 1.99. The summed E-state index contributed by atoms with van der Waals surface area (Å²) in [5.41, 5.74) is 1.50. The van der Waals surface area contributed by atoms with E-state index in [1.807, 2.05) is 0 Å². The minimum atomic E-state index is -0.321. The van der Waals surface area contributed by atoms with Gasteiger partial charge in [-0.2, -0.15) is 0 Å². The first kappa shape index (κ1) is 16.1. The molecule has 2 heterocycles. The average molecular weight is 341 g/mol. The molecule has 0 unspecified atom stereocenters. The van der Waals surface area contributed by atoms with Crippen molar-refractivity contribution in [3.8, 4) is 0 Å². The number of carbonyl (C=O) groups is 2. The number of carbonyl (C=O) groups excluding carboxylic acids is 2. The van der Waals surface area contributed by atoms with Gasteiger partial charge in [0, 0.05) is 18.3 Å². The number of ketones is 1. The molecule has 0 spiro atoms. The average Bonchev–Trinajstić information content (AvgIpc) is 2.89. The van der Waals surface area contributed by atoms with Gasteiger partial charge in [-0.15, -0.1) is 11.3 Å². The second-order valence-electron chi connectivity index (χ2n) is 5.49. The van der Waals surface area contributed by atoms with Crippen LogP contribution in [0.25, 0.3) is 10.2 Å². The molecule has 3 aromatic rings. The number of aromatic nitrogens is 2. The maximum Gasteiger partial charge on any atom is 0.266 e. The van der Waals surface area contributed by atoms with Crippen molar-refractivity contribution in [2.45, 2.75) is 13.8 Å². The Hall–Kier alpha value is -2.80. The van der Waals surface area contributed by atoms with Crippen molar-refractivity contribution in [1.29, 1.82) is 0 Å². The molecule has 0 saturated heterocycles. The second kappa shape index (κ2) is 6.01. The molecular formula is C17H15N3O3S. The Labute approximate surface area is 141 Å². The maximum absolute atomic E-state index is 12.6. The first-order valence-corrected chi connectivity index (χ1v) is 8.07. The highest BCUT2D eigenvalue weighted by Crippen LogP contribution is 2.27. The Kier molecular flexibility index (Phi) is 4.02. The van der Waals surface area contributed by atoms with Crippen LogP contribution in [-0.2, 0) is 7.05 Å². The number of rotatable bonds is 3. The summed E-state index contributed by atoms with van der Waals surface area (Å²) in [6.45, 7) is 3.21. The molecule has 1 aromatic carbocycles. The van der Waals surface area contributed by atoms with Crippen LogP contribution in [0.2, 0.25) is 0 Å². The van der Waals surface area contributed by atoms with Gasteiger partial charge in [-0.3, -0.25) is 14.4 Å². The lowest BCUT2D eigenvalue weighted by atomic mass is 10.1. The van der Waals surface area contributed by atoms with Crippen LogP contribution in [0.1, 0.15) is 32.5 Å². The second-order valence-corrected chi connectivity index (χ2v) is 6.49. The fraction of sp³-hybridized carbons (Fsp3) is 0.176. The highest BCUT2D eigenvalue weighted by Gasteiger charge is 2.19. The van der Waals surface area contributed by atoms with E-state index in [1.165, 1.54) is 29.2 Å². The predicted molar refractivity (Wildman–Crippen MR) is 94.0 cm³/mol.